The molecule has 108 valence electrons. The SMILES string of the molecule is O=C1CCCN1c1c(-c2ccccc2)ccc2ccccc12. The molecule has 0 aromatic heterocycles. The van der Waals surface area contributed by atoms with E-state index in [1.54, 1.807) is 0 Å². The number of fused-ring (bicyclic) bond motifs is 1. The predicted molar refractivity (Wildman–Crippen MR) is 91.0 cm³/mol. The van der Waals surface area contributed by atoms with Crippen LogP contribution in [0.4, 0.5) is 5.69 Å². The van der Waals surface area contributed by atoms with Crippen molar-refractivity contribution in [3.05, 3.63) is 66.7 Å². The minimum absolute atomic E-state index is 0.230. The first-order valence-electron chi connectivity index (χ1n) is 7.72. The summed E-state index contributed by atoms with van der Waals surface area (Å²) in [5, 5.41) is 2.33. The van der Waals surface area contributed by atoms with Crippen molar-refractivity contribution in [2.45, 2.75) is 12.8 Å². The second kappa shape index (κ2) is 5.30. The van der Waals surface area contributed by atoms with Crippen molar-refractivity contribution in [2.75, 3.05) is 11.4 Å². The van der Waals surface area contributed by atoms with Gasteiger partial charge in [0.05, 0.1) is 5.69 Å². The number of nitrogens with zero attached hydrogens (tertiary/aromatic N) is 1. The van der Waals surface area contributed by atoms with E-state index >= 15 is 0 Å². The molecular formula is C20H17NO. The lowest BCUT2D eigenvalue weighted by atomic mass is 9.97. The van der Waals surface area contributed by atoms with Crippen LogP contribution in [0.3, 0.4) is 0 Å². The zero-order chi connectivity index (χ0) is 14.9. The maximum atomic E-state index is 12.3. The minimum Gasteiger partial charge on any atom is -0.311 e. The summed E-state index contributed by atoms with van der Waals surface area (Å²) < 4.78 is 0. The van der Waals surface area contributed by atoms with Gasteiger partial charge in [-0.2, -0.15) is 0 Å². The minimum atomic E-state index is 0.230. The van der Waals surface area contributed by atoms with E-state index in [1.807, 2.05) is 35.2 Å². The van der Waals surface area contributed by atoms with Crippen molar-refractivity contribution < 1.29 is 4.79 Å². The van der Waals surface area contributed by atoms with Crippen molar-refractivity contribution in [2.24, 2.45) is 0 Å². The van der Waals surface area contributed by atoms with Crippen molar-refractivity contribution >= 4 is 22.4 Å². The van der Waals surface area contributed by atoms with Crippen LogP contribution in [0, 0.1) is 0 Å². The molecule has 22 heavy (non-hydrogen) atoms. The third kappa shape index (κ3) is 2.08. The van der Waals surface area contributed by atoms with Crippen molar-refractivity contribution in [3.8, 4) is 11.1 Å². The first-order chi connectivity index (χ1) is 10.8. The maximum absolute atomic E-state index is 12.3. The molecule has 1 heterocycles. The fourth-order valence-electron chi connectivity index (χ4n) is 3.28. The topological polar surface area (TPSA) is 20.3 Å². The molecule has 1 fully saturated rings. The molecule has 0 atom stereocenters. The van der Waals surface area contributed by atoms with Gasteiger partial charge in [-0.05, 0) is 17.4 Å². The molecule has 3 aromatic carbocycles. The maximum Gasteiger partial charge on any atom is 0.227 e. The van der Waals surface area contributed by atoms with Crippen LogP contribution in [-0.4, -0.2) is 12.5 Å². The second-order valence-corrected chi connectivity index (χ2v) is 5.70. The van der Waals surface area contributed by atoms with Crippen LogP contribution in [0.5, 0.6) is 0 Å². The molecule has 1 saturated heterocycles. The zero-order valence-electron chi connectivity index (χ0n) is 12.3. The molecule has 1 aliphatic rings. The monoisotopic (exact) mass is 287 g/mol. The Morgan fingerprint density at radius 3 is 2.36 bits per heavy atom. The van der Waals surface area contributed by atoms with E-state index in [-0.39, 0.29) is 5.91 Å². The molecule has 4 rings (SSSR count). The number of amides is 1. The Balaban J connectivity index is 2.02. The molecule has 0 radical (unpaired) electrons. The van der Waals surface area contributed by atoms with Crippen molar-refractivity contribution in [1.82, 2.24) is 0 Å². The molecule has 2 nitrogen and oxygen atoms in total. The first-order valence-corrected chi connectivity index (χ1v) is 7.72. The molecule has 0 N–H and O–H groups in total. The highest BCUT2D eigenvalue weighted by molar-refractivity contribution is 6.10. The first kappa shape index (κ1) is 13.1. The molecule has 0 saturated carbocycles. The second-order valence-electron chi connectivity index (χ2n) is 5.70. The molecule has 3 aromatic rings. The number of rotatable bonds is 2. The molecule has 1 amide bonds. The van der Waals surface area contributed by atoms with Crippen LogP contribution in [0.2, 0.25) is 0 Å². The van der Waals surface area contributed by atoms with E-state index in [2.05, 4.69) is 36.4 Å². The summed E-state index contributed by atoms with van der Waals surface area (Å²) >= 11 is 0. The lowest BCUT2D eigenvalue weighted by Crippen LogP contribution is -2.24. The number of hydrogen-bond donors (Lipinski definition) is 0. The summed E-state index contributed by atoms with van der Waals surface area (Å²) in [5.74, 6) is 0.230. The summed E-state index contributed by atoms with van der Waals surface area (Å²) in [6, 6.07) is 22.9. The molecule has 0 unspecified atom stereocenters. The molecule has 0 spiro atoms. The Labute approximate surface area is 130 Å². The van der Waals surface area contributed by atoms with E-state index in [1.165, 1.54) is 5.39 Å². The number of carbonyl (C=O) groups excluding carboxylic acids is 1. The van der Waals surface area contributed by atoms with Gasteiger partial charge in [0.2, 0.25) is 5.91 Å². The standard InChI is InChI=1S/C20H17NO/c22-19-11-6-14-21(19)20-17-10-5-4-9-16(17)12-13-18(20)15-7-2-1-3-8-15/h1-5,7-10,12-13H,6,11,14H2. The van der Waals surface area contributed by atoms with E-state index < -0.39 is 0 Å². The van der Waals surface area contributed by atoms with Gasteiger partial charge in [0.25, 0.3) is 0 Å². The largest absolute Gasteiger partial charge is 0.311 e. The van der Waals surface area contributed by atoms with Gasteiger partial charge in [-0.25, -0.2) is 0 Å². The van der Waals surface area contributed by atoms with Crippen LogP contribution in [0.25, 0.3) is 21.9 Å². The quantitative estimate of drug-likeness (QED) is 0.672. The zero-order valence-corrected chi connectivity index (χ0v) is 12.3. The average Bonchev–Trinajstić information content (AvgIpc) is 3.00. The molecular weight excluding hydrogens is 270 g/mol. The number of hydrogen-bond acceptors (Lipinski definition) is 1. The Morgan fingerprint density at radius 2 is 1.59 bits per heavy atom. The smallest absolute Gasteiger partial charge is 0.227 e. The average molecular weight is 287 g/mol. The summed E-state index contributed by atoms with van der Waals surface area (Å²) in [6.45, 7) is 0.812. The Morgan fingerprint density at radius 1 is 0.818 bits per heavy atom. The fourth-order valence-corrected chi connectivity index (χ4v) is 3.28. The summed E-state index contributed by atoms with van der Waals surface area (Å²) in [4.78, 5) is 14.3. The summed E-state index contributed by atoms with van der Waals surface area (Å²) in [6.07, 6.45) is 1.59. The molecule has 0 aliphatic carbocycles. The normalized spacial score (nSPS) is 14.7. The van der Waals surface area contributed by atoms with Gasteiger partial charge in [-0.15, -0.1) is 0 Å². The lowest BCUT2D eigenvalue weighted by molar-refractivity contribution is -0.117. The van der Waals surface area contributed by atoms with Crippen LogP contribution in [0.15, 0.2) is 66.7 Å². The molecule has 0 bridgehead atoms. The van der Waals surface area contributed by atoms with Gasteiger partial charge in [-0.3, -0.25) is 4.79 Å². The Hall–Kier alpha value is -2.61. The highest BCUT2D eigenvalue weighted by Crippen LogP contribution is 2.39. The highest BCUT2D eigenvalue weighted by Gasteiger charge is 2.25. The summed E-state index contributed by atoms with van der Waals surface area (Å²) in [7, 11) is 0. The lowest BCUT2D eigenvalue weighted by Gasteiger charge is -2.22. The van der Waals surface area contributed by atoms with Gasteiger partial charge in [-0.1, -0.05) is 66.7 Å². The molecule has 1 aliphatic heterocycles. The van der Waals surface area contributed by atoms with Gasteiger partial charge < -0.3 is 4.90 Å². The van der Waals surface area contributed by atoms with Crippen LogP contribution >= 0.6 is 0 Å². The fraction of sp³-hybridized carbons (Fsp3) is 0.150. The van der Waals surface area contributed by atoms with Crippen LogP contribution in [-0.2, 0) is 4.79 Å². The third-order valence-electron chi connectivity index (χ3n) is 4.33. The van der Waals surface area contributed by atoms with E-state index in [0.717, 1.165) is 35.2 Å². The van der Waals surface area contributed by atoms with Crippen LogP contribution in [0.1, 0.15) is 12.8 Å². The number of anilines is 1. The Kier molecular flexibility index (Phi) is 3.15. The van der Waals surface area contributed by atoms with E-state index in [0.29, 0.717) is 6.42 Å². The van der Waals surface area contributed by atoms with Gasteiger partial charge in [0.15, 0.2) is 0 Å². The van der Waals surface area contributed by atoms with Crippen LogP contribution < -0.4 is 4.90 Å². The predicted octanol–water partition coefficient (Wildman–Crippen LogP) is 4.63. The summed E-state index contributed by atoms with van der Waals surface area (Å²) in [5.41, 5.74) is 3.35. The van der Waals surface area contributed by atoms with Crippen molar-refractivity contribution in [3.63, 3.8) is 0 Å². The third-order valence-corrected chi connectivity index (χ3v) is 4.33. The number of carbonyl (C=O) groups is 1. The van der Waals surface area contributed by atoms with Gasteiger partial charge >= 0.3 is 0 Å². The van der Waals surface area contributed by atoms with Crippen molar-refractivity contribution in [1.29, 1.82) is 0 Å². The van der Waals surface area contributed by atoms with Gasteiger partial charge in [0, 0.05) is 23.9 Å². The van der Waals surface area contributed by atoms with E-state index in [4.69, 9.17) is 0 Å². The molecule has 2 heteroatoms. The van der Waals surface area contributed by atoms with E-state index in [9.17, 15) is 4.79 Å². The highest BCUT2D eigenvalue weighted by atomic mass is 16.2. The number of benzene rings is 3. The Bertz CT molecular complexity index is 839. The van der Waals surface area contributed by atoms with Gasteiger partial charge in [0.1, 0.15) is 0 Å².